The van der Waals surface area contributed by atoms with Crippen molar-refractivity contribution in [2.75, 3.05) is 18.5 Å². The molecule has 25 heavy (non-hydrogen) atoms. The van der Waals surface area contributed by atoms with Crippen LogP contribution in [-0.2, 0) is 4.74 Å². The molecule has 0 atom stereocenters. The second kappa shape index (κ2) is 8.58. The lowest BCUT2D eigenvalue weighted by Gasteiger charge is -2.07. The molecule has 0 saturated carbocycles. The number of rotatable bonds is 8. The third kappa shape index (κ3) is 5.13. The maximum atomic E-state index is 12.1. The quantitative estimate of drug-likeness (QED) is 0.341. The normalized spacial score (nSPS) is 10.1. The number of carbonyl (C=O) groups excluding carboxylic acids is 2. The second-order valence-corrected chi connectivity index (χ2v) is 5.21. The van der Waals surface area contributed by atoms with Crippen LogP contribution in [0.5, 0.6) is 0 Å². The van der Waals surface area contributed by atoms with Crippen LogP contribution in [-0.4, -0.2) is 29.8 Å². The highest BCUT2D eigenvalue weighted by atomic mass is 16.6. The molecular weight excluding hydrogens is 324 g/mol. The molecule has 0 fully saturated rings. The number of esters is 1. The predicted molar refractivity (Wildman–Crippen MR) is 92.9 cm³/mol. The highest BCUT2D eigenvalue weighted by Gasteiger charge is 2.11. The van der Waals surface area contributed by atoms with Crippen LogP contribution < -0.4 is 5.32 Å². The Morgan fingerprint density at radius 3 is 2.48 bits per heavy atom. The van der Waals surface area contributed by atoms with Crippen molar-refractivity contribution in [3.63, 3.8) is 0 Å². The highest BCUT2D eigenvalue weighted by molar-refractivity contribution is 5.96. The van der Waals surface area contributed by atoms with Gasteiger partial charge < -0.3 is 10.1 Å². The lowest BCUT2D eigenvalue weighted by atomic mass is 10.1. The third-order valence-electron chi connectivity index (χ3n) is 3.46. The van der Waals surface area contributed by atoms with E-state index in [1.807, 2.05) is 0 Å². The zero-order chi connectivity index (χ0) is 18.2. The van der Waals surface area contributed by atoms with Crippen molar-refractivity contribution in [2.24, 2.45) is 0 Å². The van der Waals surface area contributed by atoms with E-state index in [0.717, 1.165) is 5.69 Å². The number of hydrogen-bond acceptors (Lipinski definition) is 6. The van der Waals surface area contributed by atoms with Crippen molar-refractivity contribution in [3.8, 4) is 0 Å². The molecule has 0 radical (unpaired) electrons. The standard InChI is InChI=1S/C18H18N2O5/c1-2-25-18(22)13-6-8-15(9-7-13)19-11-10-17(21)14-4-3-5-16(12-14)20(23)24/h3-9,12,19H,2,10-11H2,1H3. The number of carbonyl (C=O) groups is 2. The van der Waals surface area contributed by atoms with Gasteiger partial charge in [-0.1, -0.05) is 12.1 Å². The number of ketones is 1. The first-order chi connectivity index (χ1) is 12.0. The molecule has 1 N–H and O–H groups in total. The van der Waals surface area contributed by atoms with Crippen molar-refractivity contribution in [1.82, 2.24) is 0 Å². The molecular formula is C18H18N2O5. The molecule has 0 heterocycles. The van der Waals surface area contributed by atoms with Crippen LogP contribution in [0.4, 0.5) is 11.4 Å². The number of nitrogens with zero attached hydrogens (tertiary/aromatic N) is 1. The van der Waals surface area contributed by atoms with Crippen molar-refractivity contribution in [3.05, 3.63) is 69.8 Å². The summed E-state index contributed by atoms with van der Waals surface area (Å²) < 4.78 is 4.90. The number of benzene rings is 2. The number of nitro benzene ring substituents is 1. The largest absolute Gasteiger partial charge is 0.462 e. The summed E-state index contributed by atoms with van der Waals surface area (Å²) >= 11 is 0. The Labute approximate surface area is 144 Å². The maximum absolute atomic E-state index is 12.1. The minimum atomic E-state index is -0.528. The fourth-order valence-corrected chi connectivity index (χ4v) is 2.20. The molecule has 2 rings (SSSR count). The summed E-state index contributed by atoms with van der Waals surface area (Å²) in [5, 5.41) is 13.8. The second-order valence-electron chi connectivity index (χ2n) is 5.21. The van der Waals surface area contributed by atoms with Gasteiger partial charge in [0.25, 0.3) is 5.69 Å². The number of nitro groups is 1. The Bertz CT molecular complexity index is 771. The van der Waals surface area contributed by atoms with Crippen molar-refractivity contribution in [1.29, 1.82) is 0 Å². The lowest BCUT2D eigenvalue weighted by molar-refractivity contribution is -0.384. The molecule has 0 aliphatic rings. The summed E-state index contributed by atoms with van der Waals surface area (Å²) in [6, 6.07) is 12.4. The number of ether oxygens (including phenoxy) is 1. The van der Waals surface area contributed by atoms with Crippen molar-refractivity contribution >= 4 is 23.1 Å². The Balaban J connectivity index is 1.88. The van der Waals surface area contributed by atoms with Gasteiger partial charge in [-0.25, -0.2) is 4.79 Å². The van der Waals surface area contributed by atoms with E-state index in [-0.39, 0.29) is 23.9 Å². The van der Waals surface area contributed by atoms with Gasteiger partial charge in [0.05, 0.1) is 17.1 Å². The van der Waals surface area contributed by atoms with Crippen LogP contribution in [0, 0.1) is 10.1 Å². The minimum absolute atomic E-state index is 0.103. The fraction of sp³-hybridized carbons (Fsp3) is 0.222. The van der Waals surface area contributed by atoms with Gasteiger partial charge in [-0.05, 0) is 31.2 Å². The minimum Gasteiger partial charge on any atom is -0.462 e. The lowest BCUT2D eigenvalue weighted by Crippen LogP contribution is -2.09. The molecule has 0 aliphatic carbocycles. The zero-order valence-electron chi connectivity index (χ0n) is 13.7. The molecule has 2 aromatic carbocycles. The van der Waals surface area contributed by atoms with Gasteiger partial charge in [-0.2, -0.15) is 0 Å². The number of anilines is 1. The Morgan fingerprint density at radius 2 is 1.84 bits per heavy atom. The molecule has 2 aromatic rings. The average Bonchev–Trinajstić information content (AvgIpc) is 2.62. The summed E-state index contributed by atoms with van der Waals surface area (Å²) in [6.45, 7) is 2.44. The molecule has 130 valence electrons. The topological polar surface area (TPSA) is 98.5 Å². The smallest absolute Gasteiger partial charge is 0.338 e. The molecule has 0 unspecified atom stereocenters. The van der Waals surface area contributed by atoms with Crippen molar-refractivity contribution < 1.29 is 19.2 Å². The molecule has 0 bridgehead atoms. The molecule has 0 aliphatic heterocycles. The average molecular weight is 342 g/mol. The summed E-state index contributed by atoms with van der Waals surface area (Å²) in [6.07, 6.45) is 0.195. The fourth-order valence-electron chi connectivity index (χ4n) is 2.20. The Morgan fingerprint density at radius 1 is 1.12 bits per heavy atom. The van der Waals surface area contributed by atoms with Gasteiger partial charge in [-0.15, -0.1) is 0 Å². The van der Waals surface area contributed by atoms with E-state index in [9.17, 15) is 19.7 Å². The Hall–Kier alpha value is -3.22. The maximum Gasteiger partial charge on any atom is 0.338 e. The molecule has 0 spiro atoms. The van der Waals surface area contributed by atoms with E-state index in [0.29, 0.717) is 24.3 Å². The summed E-state index contributed by atoms with van der Waals surface area (Å²) in [5.74, 6) is -0.561. The van der Waals surface area contributed by atoms with E-state index in [1.54, 1.807) is 37.3 Å². The molecule has 7 nitrogen and oxygen atoms in total. The summed E-state index contributed by atoms with van der Waals surface area (Å²) in [5.41, 5.74) is 1.43. The highest BCUT2D eigenvalue weighted by Crippen LogP contribution is 2.15. The van der Waals surface area contributed by atoms with Crippen LogP contribution in [0.3, 0.4) is 0 Å². The van der Waals surface area contributed by atoms with Gasteiger partial charge >= 0.3 is 5.97 Å². The predicted octanol–water partition coefficient (Wildman–Crippen LogP) is 3.46. The van der Waals surface area contributed by atoms with E-state index in [1.165, 1.54) is 18.2 Å². The molecule has 0 saturated heterocycles. The first kappa shape index (κ1) is 18.1. The molecule has 7 heteroatoms. The van der Waals surface area contributed by atoms with E-state index in [4.69, 9.17) is 4.74 Å². The monoisotopic (exact) mass is 342 g/mol. The number of hydrogen-bond donors (Lipinski definition) is 1. The van der Waals surface area contributed by atoms with Gasteiger partial charge in [0, 0.05) is 36.3 Å². The van der Waals surface area contributed by atoms with Crippen LogP contribution >= 0.6 is 0 Å². The van der Waals surface area contributed by atoms with Crippen molar-refractivity contribution in [2.45, 2.75) is 13.3 Å². The van der Waals surface area contributed by atoms with E-state index < -0.39 is 4.92 Å². The summed E-state index contributed by atoms with van der Waals surface area (Å²) in [7, 11) is 0. The van der Waals surface area contributed by atoms with Crippen LogP contribution in [0.2, 0.25) is 0 Å². The molecule has 0 aromatic heterocycles. The van der Waals surface area contributed by atoms with Crippen LogP contribution in [0.1, 0.15) is 34.1 Å². The third-order valence-corrected chi connectivity index (χ3v) is 3.46. The first-order valence-electron chi connectivity index (χ1n) is 7.80. The van der Waals surface area contributed by atoms with Crippen LogP contribution in [0.15, 0.2) is 48.5 Å². The van der Waals surface area contributed by atoms with Gasteiger partial charge in [0.2, 0.25) is 0 Å². The first-order valence-corrected chi connectivity index (χ1v) is 7.80. The van der Waals surface area contributed by atoms with Crippen LogP contribution in [0.25, 0.3) is 0 Å². The van der Waals surface area contributed by atoms with Gasteiger partial charge in [-0.3, -0.25) is 14.9 Å². The molecule has 0 amide bonds. The number of non-ortho nitro benzene ring substituents is 1. The Kier molecular flexibility index (Phi) is 6.22. The summed E-state index contributed by atoms with van der Waals surface area (Å²) in [4.78, 5) is 33.9. The van der Waals surface area contributed by atoms with E-state index >= 15 is 0 Å². The SMILES string of the molecule is CCOC(=O)c1ccc(NCCC(=O)c2cccc([N+](=O)[O-])c2)cc1. The van der Waals surface area contributed by atoms with E-state index in [2.05, 4.69) is 5.32 Å². The van der Waals surface area contributed by atoms with Gasteiger partial charge in [0.1, 0.15) is 0 Å². The van der Waals surface area contributed by atoms with Gasteiger partial charge in [0.15, 0.2) is 5.78 Å². The number of nitrogens with one attached hydrogen (secondary N) is 1. The zero-order valence-corrected chi connectivity index (χ0v) is 13.7. The number of Topliss-reactive ketones (excluding diaryl/α,β-unsaturated/α-hetero) is 1.